The van der Waals surface area contributed by atoms with Gasteiger partial charge in [-0.2, -0.15) is 0 Å². The summed E-state index contributed by atoms with van der Waals surface area (Å²) in [5.41, 5.74) is 2.40. The number of rotatable bonds is 3. The van der Waals surface area contributed by atoms with Crippen LogP contribution in [-0.2, 0) is 4.79 Å². The van der Waals surface area contributed by atoms with Crippen LogP contribution in [0.3, 0.4) is 0 Å². The molecule has 3 aliphatic rings. The van der Waals surface area contributed by atoms with Crippen molar-refractivity contribution in [3.05, 3.63) is 24.3 Å². The van der Waals surface area contributed by atoms with Crippen molar-refractivity contribution in [3.8, 4) is 0 Å². The van der Waals surface area contributed by atoms with Crippen LogP contribution in [0.4, 0.5) is 11.4 Å². The average Bonchev–Trinajstić information content (AvgIpc) is 3.26. The molecule has 0 spiro atoms. The summed E-state index contributed by atoms with van der Waals surface area (Å²) in [6, 6.07) is 8.66. The third-order valence-electron chi connectivity index (χ3n) is 5.36. The largest absolute Gasteiger partial charge is 0.371 e. The van der Waals surface area contributed by atoms with E-state index in [2.05, 4.69) is 29.2 Å². The van der Waals surface area contributed by atoms with Gasteiger partial charge in [-0.15, -0.1) is 0 Å². The van der Waals surface area contributed by atoms with E-state index in [4.69, 9.17) is 0 Å². The molecule has 3 fully saturated rings. The van der Waals surface area contributed by atoms with Gasteiger partial charge in [0.25, 0.3) is 0 Å². The van der Waals surface area contributed by atoms with E-state index in [0.717, 1.165) is 36.9 Å². The number of piperidine rings is 1. The van der Waals surface area contributed by atoms with Gasteiger partial charge in [-0.25, -0.2) is 0 Å². The summed E-state index contributed by atoms with van der Waals surface area (Å²) in [5, 5.41) is 0. The van der Waals surface area contributed by atoms with Gasteiger partial charge in [-0.05, 0) is 68.2 Å². The van der Waals surface area contributed by atoms with Crippen molar-refractivity contribution in [1.82, 2.24) is 0 Å². The Morgan fingerprint density at radius 2 is 1.62 bits per heavy atom. The second kappa shape index (κ2) is 5.36. The van der Waals surface area contributed by atoms with E-state index in [9.17, 15) is 4.79 Å². The molecule has 0 N–H and O–H groups in total. The molecule has 112 valence electrons. The highest BCUT2D eigenvalue weighted by Gasteiger charge is 2.35. The Labute approximate surface area is 126 Å². The second-order valence-corrected chi connectivity index (χ2v) is 6.85. The lowest BCUT2D eigenvalue weighted by molar-refractivity contribution is -0.119. The van der Waals surface area contributed by atoms with Crippen LogP contribution in [0.25, 0.3) is 0 Å². The van der Waals surface area contributed by atoms with Crippen LogP contribution in [-0.4, -0.2) is 25.5 Å². The zero-order valence-electron chi connectivity index (χ0n) is 12.6. The lowest BCUT2D eigenvalue weighted by Crippen LogP contribution is -2.35. The van der Waals surface area contributed by atoms with Crippen molar-refractivity contribution in [1.29, 1.82) is 0 Å². The Kier molecular flexibility index (Phi) is 3.36. The van der Waals surface area contributed by atoms with Crippen molar-refractivity contribution in [3.63, 3.8) is 0 Å². The van der Waals surface area contributed by atoms with Gasteiger partial charge in [0.2, 0.25) is 5.91 Å². The van der Waals surface area contributed by atoms with Gasteiger partial charge >= 0.3 is 0 Å². The first-order valence-corrected chi connectivity index (χ1v) is 8.46. The van der Waals surface area contributed by atoms with Crippen LogP contribution in [0.2, 0.25) is 0 Å². The van der Waals surface area contributed by atoms with Gasteiger partial charge in [0, 0.05) is 37.4 Å². The Hall–Kier alpha value is -1.51. The highest BCUT2D eigenvalue weighted by molar-refractivity contribution is 5.94. The molecule has 1 unspecified atom stereocenters. The van der Waals surface area contributed by atoms with Gasteiger partial charge in [0.15, 0.2) is 0 Å². The minimum Gasteiger partial charge on any atom is -0.371 e. The predicted octanol–water partition coefficient (Wildman–Crippen LogP) is 3.44. The van der Waals surface area contributed by atoms with Crippen molar-refractivity contribution in [2.75, 3.05) is 29.4 Å². The van der Waals surface area contributed by atoms with E-state index in [1.54, 1.807) is 0 Å². The number of hydrogen-bond donors (Lipinski definition) is 0. The van der Waals surface area contributed by atoms with Crippen LogP contribution >= 0.6 is 0 Å². The van der Waals surface area contributed by atoms with E-state index in [1.165, 1.54) is 38.0 Å². The quantitative estimate of drug-likeness (QED) is 0.849. The fourth-order valence-electron chi connectivity index (χ4n) is 3.90. The van der Waals surface area contributed by atoms with Gasteiger partial charge in [0.1, 0.15) is 0 Å². The van der Waals surface area contributed by atoms with E-state index in [-0.39, 0.29) is 5.91 Å². The number of amides is 1. The molecular weight excluding hydrogens is 260 g/mol. The Bertz CT molecular complexity index is 521. The van der Waals surface area contributed by atoms with Crippen LogP contribution in [0.15, 0.2) is 24.3 Å². The summed E-state index contributed by atoms with van der Waals surface area (Å²) in [6.07, 6.45) is 7.14. The average molecular weight is 284 g/mol. The monoisotopic (exact) mass is 284 g/mol. The predicted molar refractivity (Wildman–Crippen MR) is 85.7 cm³/mol. The van der Waals surface area contributed by atoms with Gasteiger partial charge < -0.3 is 9.80 Å². The summed E-state index contributed by atoms with van der Waals surface area (Å²) < 4.78 is 0. The molecule has 0 bridgehead atoms. The van der Waals surface area contributed by atoms with Crippen LogP contribution in [0.1, 0.15) is 38.5 Å². The molecule has 2 saturated heterocycles. The Balaban J connectivity index is 1.44. The van der Waals surface area contributed by atoms with Gasteiger partial charge in [-0.1, -0.05) is 0 Å². The minimum atomic E-state index is 0.281. The topological polar surface area (TPSA) is 23.6 Å². The van der Waals surface area contributed by atoms with Crippen LogP contribution in [0, 0.1) is 11.8 Å². The lowest BCUT2D eigenvalue weighted by atomic mass is 10.0. The highest BCUT2D eigenvalue weighted by atomic mass is 16.2. The molecule has 1 saturated carbocycles. The standard InChI is InChI=1S/C18H24N2O/c21-18-3-1-2-11-20(18)17-8-6-16(7-9-17)19-12-10-15(13-19)14-4-5-14/h6-9,14-15H,1-5,10-13H2. The zero-order chi connectivity index (χ0) is 14.2. The number of hydrogen-bond acceptors (Lipinski definition) is 2. The number of nitrogens with zero attached hydrogens (tertiary/aromatic N) is 2. The van der Waals surface area contributed by atoms with Crippen LogP contribution in [0.5, 0.6) is 0 Å². The molecule has 0 aromatic heterocycles. The molecule has 1 amide bonds. The first-order valence-electron chi connectivity index (χ1n) is 8.46. The molecular formula is C18H24N2O. The first kappa shape index (κ1) is 13.2. The molecule has 1 aromatic carbocycles. The number of carbonyl (C=O) groups is 1. The molecule has 2 heterocycles. The molecule has 2 aliphatic heterocycles. The number of carbonyl (C=O) groups excluding carboxylic acids is 1. The maximum atomic E-state index is 12.0. The molecule has 3 nitrogen and oxygen atoms in total. The molecule has 1 aromatic rings. The summed E-state index contributed by atoms with van der Waals surface area (Å²) in [5.74, 6) is 2.22. The fourth-order valence-corrected chi connectivity index (χ4v) is 3.90. The normalized spacial score (nSPS) is 26.5. The van der Waals surface area contributed by atoms with E-state index >= 15 is 0 Å². The van der Waals surface area contributed by atoms with E-state index in [0.29, 0.717) is 6.42 Å². The zero-order valence-corrected chi connectivity index (χ0v) is 12.6. The van der Waals surface area contributed by atoms with Crippen molar-refractivity contribution in [2.45, 2.75) is 38.5 Å². The third-order valence-corrected chi connectivity index (χ3v) is 5.36. The summed E-state index contributed by atoms with van der Waals surface area (Å²) in [4.78, 5) is 16.4. The van der Waals surface area contributed by atoms with Gasteiger partial charge in [0.05, 0.1) is 0 Å². The summed E-state index contributed by atoms with van der Waals surface area (Å²) in [6.45, 7) is 3.31. The van der Waals surface area contributed by atoms with E-state index in [1.807, 2.05) is 4.90 Å². The smallest absolute Gasteiger partial charge is 0.226 e. The minimum absolute atomic E-state index is 0.281. The SMILES string of the molecule is O=C1CCCCN1c1ccc(N2CCC(C3CC3)C2)cc1. The fraction of sp³-hybridized carbons (Fsp3) is 0.611. The molecule has 3 heteroatoms. The van der Waals surface area contributed by atoms with Crippen LogP contribution < -0.4 is 9.80 Å². The summed E-state index contributed by atoms with van der Waals surface area (Å²) in [7, 11) is 0. The highest BCUT2D eigenvalue weighted by Crippen LogP contribution is 2.42. The molecule has 21 heavy (non-hydrogen) atoms. The maximum Gasteiger partial charge on any atom is 0.226 e. The van der Waals surface area contributed by atoms with Crippen molar-refractivity contribution in [2.24, 2.45) is 11.8 Å². The molecule has 1 aliphatic carbocycles. The molecule has 0 radical (unpaired) electrons. The third kappa shape index (κ3) is 2.66. The van der Waals surface area contributed by atoms with E-state index < -0.39 is 0 Å². The van der Waals surface area contributed by atoms with Crippen molar-refractivity contribution < 1.29 is 4.79 Å². The first-order chi connectivity index (χ1) is 10.3. The Morgan fingerprint density at radius 1 is 0.857 bits per heavy atom. The second-order valence-electron chi connectivity index (χ2n) is 6.85. The Morgan fingerprint density at radius 3 is 2.33 bits per heavy atom. The lowest BCUT2D eigenvalue weighted by Gasteiger charge is -2.27. The molecule has 1 atom stereocenters. The van der Waals surface area contributed by atoms with Gasteiger partial charge in [-0.3, -0.25) is 4.79 Å². The number of anilines is 2. The maximum absolute atomic E-state index is 12.0. The summed E-state index contributed by atoms with van der Waals surface area (Å²) >= 11 is 0. The number of benzene rings is 1. The molecule has 4 rings (SSSR count). The van der Waals surface area contributed by atoms with Crippen molar-refractivity contribution >= 4 is 17.3 Å².